The monoisotopic (exact) mass is 347 g/mol. The van der Waals surface area contributed by atoms with E-state index >= 15 is 0 Å². The number of carbonyl (C=O) groups is 1. The summed E-state index contributed by atoms with van der Waals surface area (Å²) in [6, 6.07) is 5.52. The predicted molar refractivity (Wildman–Crippen MR) is 80.3 cm³/mol. The predicted octanol–water partition coefficient (Wildman–Crippen LogP) is 1.96. The minimum Gasteiger partial charge on any atom is -0.346 e. The van der Waals surface area contributed by atoms with Crippen molar-refractivity contribution in [2.24, 2.45) is 0 Å². The first-order valence-corrected chi connectivity index (χ1v) is 8.21. The average Bonchev–Trinajstić information content (AvgIpc) is 2.87. The summed E-state index contributed by atoms with van der Waals surface area (Å²) in [4.78, 5) is 15.9. The number of rotatable bonds is 5. The first-order valence-electron chi connectivity index (χ1n) is 6.82. The zero-order valence-corrected chi connectivity index (χ0v) is 13.4. The number of alkyl halides is 3. The van der Waals surface area contributed by atoms with Crippen molar-refractivity contribution in [2.75, 3.05) is 6.54 Å². The molecule has 0 saturated carbocycles. The zero-order valence-electron chi connectivity index (χ0n) is 12.6. The van der Waals surface area contributed by atoms with Gasteiger partial charge in [0.05, 0.1) is 11.4 Å². The Morgan fingerprint density at radius 2 is 2.13 bits per heavy atom. The lowest BCUT2D eigenvalue weighted by Crippen LogP contribution is -2.40. The van der Waals surface area contributed by atoms with Crippen LogP contribution in [0.1, 0.15) is 18.3 Å². The van der Waals surface area contributed by atoms with Gasteiger partial charge in [0.2, 0.25) is 5.91 Å². The van der Waals surface area contributed by atoms with Crippen LogP contribution in [-0.2, 0) is 21.3 Å². The Hall–Kier alpha value is -1.90. The highest BCUT2D eigenvalue weighted by Crippen LogP contribution is 2.14. The summed E-state index contributed by atoms with van der Waals surface area (Å²) in [7, 11) is -1.66. The Bertz CT molecular complexity index is 742. The molecule has 2 heterocycles. The molecule has 2 rings (SSSR count). The number of hydrogen-bond donors (Lipinski definition) is 1. The number of amides is 1. The molecule has 1 amide bonds. The van der Waals surface area contributed by atoms with E-state index in [1.807, 2.05) is 23.5 Å². The van der Waals surface area contributed by atoms with E-state index < -0.39 is 34.7 Å². The largest absolute Gasteiger partial charge is 0.405 e. The smallest absolute Gasteiger partial charge is 0.346 e. The van der Waals surface area contributed by atoms with E-state index in [4.69, 9.17) is 0 Å². The quantitative estimate of drug-likeness (QED) is 0.899. The number of aromatic nitrogens is 2. The number of nitrogens with one attached hydrogen (secondary N) is 1. The van der Waals surface area contributed by atoms with Gasteiger partial charge >= 0.3 is 6.18 Å². The van der Waals surface area contributed by atoms with Crippen molar-refractivity contribution in [1.82, 2.24) is 14.7 Å². The van der Waals surface area contributed by atoms with Gasteiger partial charge < -0.3 is 9.72 Å². The normalized spacial score (nSPS) is 14.7. The van der Waals surface area contributed by atoms with E-state index in [0.717, 1.165) is 5.69 Å². The van der Waals surface area contributed by atoms with Gasteiger partial charge in [0.15, 0.2) is 0 Å². The molecule has 0 aliphatic rings. The second-order valence-corrected chi connectivity index (χ2v) is 6.89. The Labute approximate surface area is 133 Å². The van der Waals surface area contributed by atoms with Crippen molar-refractivity contribution in [3.8, 4) is 0 Å². The summed E-state index contributed by atoms with van der Waals surface area (Å²) >= 11 is 0. The molecule has 2 aromatic rings. The van der Waals surface area contributed by atoms with E-state index in [-0.39, 0.29) is 5.75 Å². The van der Waals surface area contributed by atoms with Gasteiger partial charge in [-0.05, 0) is 26.0 Å². The molecule has 0 fully saturated rings. The van der Waals surface area contributed by atoms with Gasteiger partial charge in [0, 0.05) is 22.7 Å². The van der Waals surface area contributed by atoms with Crippen LogP contribution in [0.2, 0.25) is 0 Å². The van der Waals surface area contributed by atoms with Gasteiger partial charge in [-0.1, -0.05) is 6.07 Å². The summed E-state index contributed by atoms with van der Waals surface area (Å²) in [6.45, 7) is 1.80. The fourth-order valence-electron chi connectivity index (χ4n) is 1.99. The van der Waals surface area contributed by atoms with Crippen molar-refractivity contribution in [1.29, 1.82) is 0 Å². The first kappa shape index (κ1) is 17.5. The van der Waals surface area contributed by atoms with E-state index in [0.29, 0.717) is 11.3 Å². The Balaban J connectivity index is 2.02. The molecule has 2 unspecified atom stereocenters. The second kappa shape index (κ2) is 6.69. The maximum atomic E-state index is 12.2. The van der Waals surface area contributed by atoms with Crippen LogP contribution in [0.5, 0.6) is 0 Å². The van der Waals surface area contributed by atoms with Gasteiger partial charge in [-0.3, -0.25) is 9.00 Å². The lowest BCUT2D eigenvalue weighted by molar-refractivity contribution is -0.137. The summed E-state index contributed by atoms with van der Waals surface area (Å²) in [5.74, 6) is -0.887. The molecule has 23 heavy (non-hydrogen) atoms. The molecule has 0 radical (unpaired) electrons. The molecule has 0 spiro atoms. The van der Waals surface area contributed by atoms with E-state index in [1.54, 1.807) is 17.6 Å². The number of carbonyl (C=O) groups excluding carboxylic acids is 1. The molecular formula is C14H16F3N3O2S. The molecule has 1 N–H and O–H groups in total. The van der Waals surface area contributed by atoms with Crippen LogP contribution in [0.4, 0.5) is 13.2 Å². The fraction of sp³-hybridized carbons (Fsp3) is 0.429. The highest BCUT2D eigenvalue weighted by Gasteiger charge is 2.30. The molecule has 2 atom stereocenters. The maximum Gasteiger partial charge on any atom is 0.405 e. The third kappa shape index (κ3) is 4.54. The number of nitrogens with zero attached hydrogens (tertiary/aromatic N) is 2. The van der Waals surface area contributed by atoms with Crippen molar-refractivity contribution in [3.05, 3.63) is 35.8 Å². The van der Waals surface area contributed by atoms with Crippen LogP contribution in [-0.4, -0.2) is 37.5 Å². The molecule has 0 bridgehead atoms. The molecule has 9 heteroatoms. The first-order chi connectivity index (χ1) is 10.7. The molecule has 2 aromatic heterocycles. The highest BCUT2D eigenvalue weighted by atomic mass is 32.2. The average molecular weight is 347 g/mol. The Kier molecular flexibility index (Phi) is 5.08. The number of fused-ring (bicyclic) bond motifs is 1. The van der Waals surface area contributed by atoms with Crippen molar-refractivity contribution < 1.29 is 22.2 Å². The van der Waals surface area contributed by atoms with Crippen molar-refractivity contribution >= 4 is 22.4 Å². The van der Waals surface area contributed by atoms with Crippen LogP contribution < -0.4 is 5.32 Å². The third-order valence-corrected chi connectivity index (χ3v) is 4.85. The summed E-state index contributed by atoms with van der Waals surface area (Å²) in [5, 5.41) is 0.690. The van der Waals surface area contributed by atoms with Gasteiger partial charge in [-0.15, -0.1) is 0 Å². The maximum absolute atomic E-state index is 12.2. The van der Waals surface area contributed by atoms with Gasteiger partial charge in [0.25, 0.3) is 0 Å². The van der Waals surface area contributed by atoms with Crippen LogP contribution >= 0.6 is 0 Å². The van der Waals surface area contributed by atoms with Crippen LogP contribution in [0.15, 0.2) is 24.4 Å². The molecule has 0 saturated heterocycles. The third-order valence-electron chi connectivity index (χ3n) is 3.26. The van der Waals surface area contributed by atoms with Crippen LogP contribution in [0, 0.1) is 6.92 Å². The van der Waals surface area contributed by atoms with E-state index in [2.05, 4.69) is 4.98 Å². The van der Waals surface area contributed by atoms with Crippen LogP contribution in [0.3, 0.4) is 0 Å². The number of hydrogen-bond acceptors (Lipinski definition) is 3. The molecule has 0 aliphatic carbocycles. The number of halogens is 3. The van der Waals surface area contributed by atoms with Crippen LogP contribution in [0.25, 0.3) is 5.65 Å². The number of pyridine rings is 1. The van der Waals surface area contributed by atoms with Crippen molar-refractivity contribution in [2.45, 2.75) is 31.0 Å². The minimum absolute atomic E-state index is 0.00171. The summed E-state index contributed by atoms with van der Waals surface area (Å²) in [6.07, 6.45) is -2.78. The molecular weight excluding hydrogens is 331 g/mol. The minimum atomic E-state index is -4.49. The standard InChI is InChI=1S/C14H16F3N3O2S/c1-9-4-3-5-12-19-11(6-20(9)12)7-23(22)10(2)13(21)18-8-14(15,16)17/h3-6,10H,7-8H2,1-2H3,(H,18,21). The van der Waals surface area contributed by atoms with Gasteiger partial charge in [-0.2, -0.15) is 13.2 Å². The van der Waals surface area contributed by atoms with Gasteiger partial charge in [-0.25, -0.2) is 4.98 Å². The fourth-order valence-corrected chi connectivity index (χ4v) is 2.99. The molecule has 0 aliphatic heterocycles. The summed E-state index contributed by atoms with van der Waals surface area (Å²) < 4.78 is 50.2. The zero-order chi connectivity index (χ0) is 17.2. The van der Waals surface area contributed by atoms with Gasteiger partial charge in [0.1, 0.15) is 17.4 Å². The van der Waals surface area contributed by atoms with Crippen molar-refractivity contribution in [3.63, 3.8) is 0 Å². The van der Waals surface area contributed by atoms with E-state index in [9.17, 15) is 22.2 Å². The lowest BCUT2D eigenvalue weighted by atomic mass is 10.4. The lowest BCUT2D eigenvalue weighted by Gasteiger charge is -2.12. The second-order valence-electron chi connectivity index (χ2n) is 5.13. The topological polar surface area (TPSA) is 63.5 Å². The Morgan fingerprint density at radius 1 is 1.43 bits per heavy atom. The number of aryl methyl sites for hydroxylation is 1. The molecule has 5 nitrogen and oxygen atoms in total. The van der Waals surface area contributed by atoms with E-state index in [1.165, 1.54) is 6.92 Å². The molecule has 126 valence electrons. The molecule has 0 aromatic carbocycles. The summed E-state index contributed by atoms with van der Waals surface area (Å²) in [5.41, 5.74) is 2.15. The Morgan fingerprint density at radius 3 is 2.74 bits per heavy atom. The highest BCUT2D eigenvalue weighted by molar-refractivity contribution is 7.85. The SMILES string of the molecule is Cc1cccc2nc(CS(=O)C(C)C(=O)NCC(F)(F)F)cn12. The number of imidazole rings is 1.